The van der Waals surface area contributed by atoms with Crippen LogP contribution in [0, 0.1) is 0 Å². The van der Waals surface area contributed by atoms with Crippen LogP contribution >= 0.6 is 11.6 Å². The zero-order valence-corrected chi connectivity index (χ0v) is 12.0. The molecule has 19 heavy (non-hydrogen) atoms. The number of fused-ring (bicyclic) bond motifs is 1. The van der Waals surface area contributed by atoms with Gasteiger partial charge in [0.25, 0.3) is 0 Å². The quantitative estimate of drug-likeness (QED) is 0.906. The number of nitrogens with one attached hydrogen (secondary N) is 1. The van der Waals surface area contributed by atoms with Gasteiger partial charge in [0.15, 0.2) is 11.5 Å². The highest BCUT2D eigenvalue weighted by Crippen LogP contribution is 2.50. The molecule has 0 aliphatic carbocycles. The molecular formula is C14H18ClNO3. The summed E-state index contributed by atoms with van der Waals surface area (Å²) in [5.41, 5.74) is 0.775. The maximum absolute atomic E-state index is 6.52. The van der Waals surface area contributed by atoms with Crippen molar-refractivity contribution in [1.82, 2.24) is 5.32 Å². The van der Waals surface area contributed by atoms with Crippen LogP contribution in [-0.2, 0) is 5.54 Å². The van der Waals surface area contributed by atoms with Crippen molar-refractivity contribution in [2.24, 2.45) is 0 Å². The third-order valence-electron chi connectivity index (χ3n) is 3.88. The third-order valence-corrected chi connectivity index (χ3v) is 4.25. The minimum atomic E-state index is -0.184. The van der Waals surface area contributed by atoms with Crippen LogP contribution in [-0.4, -0.2) is 26.9 Å². The van der Waals surface area contributed by atoms with E-state index in [9.17, 15) is 0 Å². The van der Waals surface area contributed by atoms with Crippen molar-refractivity contribution in [3.63, 3.8) is 0 Å². The minimum Gasteiger partial charge on any atom is -0.495 e. The van der Waals surface area contributed by atoms with Crippen molar-refractivity contribution >= 4 is 11.6 Å². The van der Waals surface area contributed by atoms with Gasteiger partial charge < -0.3 is 19.5 Å². The highest BCUT2D eigenvalue weighted by molar-refractivity contribution is 6.33. The van der Waals surface area contributed by atoms with E-state index in [1.54, 1.807) is 13.2 Å². The number of hydrogen-bond donors (Lipinski definition) is 1. The van der Waals surface area contributed by atoms with Gasteiger partial charge in [0.05, 0.1) is 12.1 Å². The van der Waals surface area contributed by atoms with Crippen LogP contribution in [0.4, 0.5) is 0 Å². The zero-order chi connectivity index (χ0) is 13.5. The highest BCUT2D eigenvalue weighted by Gasteiger charge is 2.38. The van der Waals surface area contributed by atoms with Gasteiger partial charge in [-0.1, -0.05) is 11.6 Å². The Labute approximate surface area is 118 Å². The fourth-order valence-electron chi connectivity index (χ4n) is 2.89. The van der Waals surface area contributed by atoms with Gasteiger partial charge in [-0.2, -0.15) is 0 Å². The monoisotopic (exact) mass is 283 g/mol. The normalized spacial score (nSPS) is 25.4. The van der Waals surface area contributed by atoms with E-state index in [0.29, 0.717) is 24.0 Å². The molecule has 0 amide bonds. The van der Waals surface area contributed by atoms with Gasteiger partial charge in [-0.25, -0.2) is 0 Å². The molecule has 1 aromatic rings. The Bertz CT molecular complexity index is 498. The fourth-order valence-corrected chi connectivity index (χ4v) is 3.32. The molecule has 1 fully saturated rings. The van der Waals surface area contributed by atoms with E-state index in [1.807, 2.05) is 0 Å². The van der Waals surface area contributed by atoms with E-state index in [2.05, 4.69) is 12.2 Å². The SMILES string of the molecule is COc1cc2c(c(C3(C)CCCN3)c1Cl)OCCO2. The third kappa shape index (κ3) is 2.03. The summed E-state index contributed by atoms with van der Waals surface area (Å²) in [5, 5.41) is 4.13. The van der Waals surface area contributed by atoms with Crippen molar-refractivity contribution in [3.8, 4) is 17.2 Å². The molecule has 1 unspecified atom stereocenters. The summed E-state index contributed by atoms with van der Waals surface area (Å²) in [7, 11) is 1.62. The number of hydrogen-bond acceptors (Lipinski definition) is 4. The molecule has 1 N–H and O–H groups in total. The molecule has 1 aromatic carbocycles. The first-order valence-corrected chi connectivity index (χ1v) is 6.95. The van der Waals surface area contributed by atoms with Crippen LogP contribution < -0.4 is 19.5 Å². The van der Waals surface area contributed by atoms with E-state index in [0.717, 1.165) is 36.4 Å². The Morgan fingerprint density at radius 1 is 1.37 bits per heavy atom. The van der Waals surface area contributed by atoms with Gasteiger partial charge in [0.1, 0.15) is 19.0 Å². The second-order valence-electron chi connectivity index (χ2n) is 5.15. The van der Waals surface area contributed by atoms with Crippen LogP contribution in [0.2, 0.25) is 5.02 Å². The topological polar surface area (TPSA) is 39.7 Å². The van der Waals surface area contributed by atoms with Crippen molar-refractivity contribution in [2.75, 3.05) is 26.9 Å². The average molecular weight is 284 g/mol. The summed E-state index contributed by atoms with van der Waals surface area (Å²) in [4.78, 5) is 0. The smallest absolute Gasteiger partial charge is 0.168 e. The highest BCUT2D eigenvalue weighted by atomic mass is 35.5. The Morgan fingerprint density at radius 2 is 2.16 bits per heavy atom. The first-order chi connectivity index (χ1) is 9.15. The Hall–Kier alpha value is -1.13. The molecule has 4 nitrogen and oxygen atoms in total. The van der Waals surface area contributed by atoms with Gasteiger partial charge in [-0.15, -0.1) is 0 Å². The number of rotatable bonds is 2. The summed E-state index contributed by atoms with van der Waals surface area (Å²) in [5.74, 6) is 2.11. The Balaban J connectivity index is 2.20. The minimum absolute atomic E-state index is 0.184. The van der Waals surface area contributed by atoms with Crippen molar-refractivity contribution in [2.45, 2.75) is 25.3 Å². The zero-order valence-electron chi connectivity index (χ0n) is 11.2. The predicted molar refractivity (Wildman–Crippen MR) is 73.6 cm³/mol. The predicted octanol–water partition coefficient (Wildman–Crippen LogP) is 2.72. The number of methoxy groups -OCH3 is 1. The molecule has 0 saturated carbocycles. The summed E-state index contributed by atoms with van der Waals surface area (Å²) >= 11 is 6.52. The Morgan fingerprint density at radius 3 is 2.84 bits per heavy atom. The molecule has 2 aliphatic rings. The van der Waals surface area contributed by atoms with Gasteiger partial charge in [-0.3, -0.25) is 0 Å². The van der Waals surface area contributed by atoms with Crippen LogP contribution in [0.15, 0.2) is 6.07 Å². The molecule has 2 aliphatic heterocycles. The van der Waals surface area contributed by atoms with Crippen LogP contribution in [0.1, 0.15) is 25.3 Å². The van der Waals surface area contributed by atoms with Crippen molar-refractivity contribution in [1.29, 1.82) is 0 Å². The van der Waals surface area contributed by atoms with E-state index in [4.69, 9.17) is 25.8 Å². The number of halogens is 1. The molecule has 104 valence electrons. The molecule has 0 spiro atoms. The fraction of sp³-hybridized carbons (Fsp3) is 0.571. The van der Waals surface area contributed by atoms with Gasteiger partial charge in [0.2, 0.25) is 0 Å². The lowest BCUT2D eigenvalue weighted by molar-refractivity contribution is 0.165. The number of benzene rings is 1. The van der Waals surface area contributed by atoms with Gasteiger partial charge in [0, 0.05) is 17.2 Å². The first kappa shape index (κ1) is 12.9. The summed E-state index contributed by atoms with van der Waals surface area (Å²) in [6, 6.07) is 1.80. The molecule has 1 atom stereocenters. The lowest BCUT2D eigenvalue weighted by Gasteiger charge is -2.32. The Kier molecular flexibility index (Phi) is 3.23. The van der Waals surface area contributed by atoms with E-state index in [1.165, 1.54) is 0 Å². The maximum Gasteiger partial charge on any atom is 0.168 e. The molecule has 5 heteroatoms. The van der Waals surface area contributed by atoms with Gasteiger partial charge in [-0.05, 0) is 26.3 Å². The van der Waals surface area contributed by atoms with Gasteiger partial charge >= 0.3 is 0 Å². The molecule has 1 saturated heterocycles. The molecule has 0 bridgehead atoms. The summed E-state index contributed by atoms with van der Waals surface area (Å²) in [6.07, 6.45) is 2.15. The molecular weight excluding hydrogens is 266 g/mol. The number of ether oxygens (including phenoxy) is 3. The standard InChI is InChI=1S/C14H18ClNO3/c1-14(4-3-5-16-14)11-12(15)9(17-2)8-10-13(11)19-7-6-18-10/h8,16H,3-7H2,1-2H3. The largest absolute Gasteiger partial charge is 0.495 e. The van der Waals surface area contributed by atoms with Crippen LogP contribution in [0.5, 0.6) is 17.2 Å². The summed E-state index contributed by atoms with van der Waals surface area (Å²) < 4.78 is 16.8. The molecule has 0 aromatic heterocycles. The molecule has 0 radical (unpaired) electrons. The van der Waals surface area contributed by atoms with Crippen molar-refractivity contribution in [3.05, 3.63) is 16.7 Å². The lowest BCUT2D eigenvalue weighted by atomic mass is 9.89. The lowest BCUT2D eigenvalue weighted by Crippen LogP contribution is -2.35. The maximum atomic E-state index is 6.52. The van der Waals surface area contributed by atoms with Crippen LogP contribution in [0.25, 0.3) is 0 Å². The second kappa shape index (κ2) is 4.76. The second-order valence-corrected chi connectivity index (χ2v) is 5.53. The van der Waals surface area contributed by atoms with E-state index >= 15 is 0 Å². The van der Waals surface area contributed by atoms with E-state index in [-0.39, 0.29) is 5.54 Å². The molecule has 3 rings (SSSR count). The van der Waals surface area contributed by atoms with Crippen molar-refractivity contribution < 1.29 is 14.2 Å². The van der Waals surface area contributed by atoms with E-state index < -0.39 is 0 Å². The first-order valence-electron chi connectivity index (χ1n) is 6.57. The van der Waals surface area contributed by atoms with Crippen LogP contribution in [0.3, 0.4) is 0 Å². The molecule has 2 heterocycles. The average Bonchev–Trinajstić information content (AvgIpc) is 2.85. The summed E-state index contributed by atoms with van der Waals surface area (Å²) in [6.45, 7) is 4.25.